The van der Waals surface area contributed by atoms with Gasteiger partial charge in [0.15, 0.2) is 0 Å². The third-order valence-electron chi connectivity index (χ3n) is 7.52. The van der Waals surface area contributed by atoms with Gasteiger partial charge in [-0.1, -0.05) is 13.3 Å². The van der Waals surface area contributed by atoms with E-state index in [1.54, 1.807) is 25.3 Å². The number of fused-ring (bicyclic) bond motifs is 1. The van der Waals surface area contributed by atoms with E-state index in [0.717, 1.165) is 18.2 Å². The number of benzene rings is 1. The topological polar surface area (TPSA) is 168 Å². The molecule has 4 rings (SSSR count). The van der Waals surface area contributed by atoms with Gasteiger partial charge in [-0.05, 0) is 59.1 Å². The summed E-state index contributed by atoms with van der Waals surface area (Å²) in [6, 6.07) is 4.67. The van der Waals surface area contributed by atoms with Crippen LogP contribution in [0.15, 0.2) is 24.3 Å². The number of amides is 5. The molecule has 3 atom stereocenters. The first kappa shape index (κ1) is 33.5. The lowest BCUT2D eigenvalue weighted by Gasteiger charge is -2.26. The summed E-state index contributed by atoms with van der Waals surface area (Å²) in [6.45, 7) is 8.85. The molecule has 0 bridgehead atoms. The number of carbonyl (C=O) groups excluding carboxylic acids is 5. The first-order valence-electron chi connectivity index (χ1n) is 15.4. The molecule has 0 radical (unpaired) electrons. The molecule has 1 saturated carbocycles. The zero-order chi connectivity index (χ0) is 32.9. The van der Waals surface area contributed by atoms with Crippen molar-refractivity contribution in [1.82, 2.24) is 31.2 Å². The monoisotopic (exact) mass is 624 g/mol. The van der Waals surface area contributed by atoms with Crippen LogP contribution < -0.4 is 30.7 Å². The highest BCUT2D eigenvalue weighted by molar-refractivity contribution is 6.38. The number of nitrogens with zero attached hydrogens (tertiary/aromatic N) is 2. The van der Waals surface area contributed by atoms with Crippen molar-refractivity contribution in [3.63, 3.8) is 0 Å². The fraction of sp³-hybridized carbons (Fsp3) is 0.562. The van der Waals surface area contributed by atoms with Gasteiger partial charge in [-0.3, -0.25) is 24.2 Å². The molecule has 0 unspecified atom stereocenters. The van der Waals surface area contributed by atoms with Gasteiger partial charge in [-0.2, -0.15) is 0 Å². The van der Waals surface area contributed by atoms with E-state index in [0.29, 0.717) is 29.1 Å². The van der Waals surface area contributed by atoms with Gasteiger partial charge in [0, 0.05) is 41.2 Å². The highest BCUT2D eigenvalue weighted by atomic mass is 16.5. The van der Waals surface area contributed by atoms with Crippen LogP contribution in [0, 0.1) is 6.92 Å². The quantitative estimate of drug-likeness (QED) is 0.261. The maximum absolute atomic E-state index is 13.7. The van der Waals surface area contributed by atoms with E-state index >= 15 is 0 Å². The Kier molecular flexibility index (Phi) is 10.5. The van der Waals surface area contributed by atoms with Crippen molar-refractivity contribution in [3.05, 3.63) is 30.0 Å². The lowest BCUT2D eigenvalue weighted by atomic mass is 10.0. The molecule has 2 aromatic rings. The second kappa shape index (κ2) is 14.1. The van der Waals surface area contributed by atoms with E-state index < -0.39 is 53.3 Å². The Morgan fingerprint density at radius 1 is 1.11 bits per heavy atom. The van der Waals surface area contributed by atoms with Crippen molar-refractivity contribution >= 4 is 40.4 Å². The zero-order valence-corrected chi connectivity index (χ0v) is 26.8. The number of pyridine rings is 1. The predicted molar refractivity (Wildman–Crippen MR) is 167 cm³/mol. The van der Waals surface area contributed by atoms with Gasteiger partial charge in [0.05, 0.1) is 31.8 Å². The summed E-state index contributed by atoms with van der Waals surface area (Å²) < 4.78 is 11.7. The molecule has 45 heavy (non-hydrogen) atoms. The maximum atomic E-state index is 13.7. The highest BCUT2D eigenvalue weighted by Crippen LogP contribution is 2.32. The van der Waals surface area contributed by atoms with Crippen molar-refractivity contribution < 1.29 is 33.4 Å². The molecule has 1 saturated heterocycles. The fourth-order valence-corrected chi connectivity index (χ4v) is 5.22. The first-order chi connectivity index (χ1) is 21.3. The molecule has 4 N–H and O–H groups in total. The van der Waals surface area contributed by atoms with Crippen LogP contribution in [0.1, 0.15) is 65.5 Å². The molecule has 1 aromatic heterocycles. The summed E-state index contributed by atoms with van der Waals surface area (Å²) in [4.78, 5) is 70.9. The average molecular weight is 625 g/mol. The predicted octanol–water partition coefficient (Wildman–Crippen LogP) is 2.13. The number of ketones is 1. The lowest BCUT2D eigenvalue weighted by Crippen LogP contribution is -2.55. The number of urea groups is 1. The number of aromatic nitrogens is 1. The number of rotatable bonds is 12. The molecule has 13 nitrogen and oxygen atoms in total. The fourth-order valence-electron chi connectivity index (χ4n) is 5.22. The number of aryl methyl sites for hydroxylation is 1. The van der Waals surface area contributed by atoms with Crippen LogP contribution in [0.2, 0.25) is 0 Å². The Balaban J connectivity index is 1.54. The Labute approximate surface area is 263 Å². The summed E-state index contributed by atoms with van der Waals surface area (Å²) in [6.07, 6.45) is 2.02. The summed E-state index contributed by atoms with van der Waals surface area (Å²) in [7, 11) is 1.57. The lowest BCUT2D eigenvalue weighted by molar-refractivity contribution is -0.142. The van der Waals surface area contributed by atoms with Crippen molar-refractivity contribution in [2.24, 2.45) is 0 Å². The van der Waals surface area contributed by atoms with Gasteiger partial charge in [0.25, 0.3) is 5.91 Å². The van der Waals surface area contributed by atoms with Crippen LogP contribution >= 0.6 is 0 Å². The SMILES string of the molecule is CCC[C@H](NC(=O)[C@@H]1C[C@@H](Oc2cc(C)nc3cc(OC)ccc23)CN1C(=O)CNC(=O)NC(C)(C)C)C(=O)C(=O)NC1CC1. The zero-order valence-electron chi connectivity index (χ0n) is 26.8. The summed E-state index contributed by atoms with van der Waals surface area (Å²) in [5, 5.41) is 11.4. The van der Waals surface area contributed by atoms with E-state index in [2.05, 4.69) is 26.3 Å². The molecule has 2 aliphatic rings. The minimum atomic E-state index is -1.03. The van der Waals surface area contributed by atoms with Crippen molar-refractivity contribution in [3.8, 4) is 11.5 Å². The van der Waals surface area contributed by atoms with Crippen molar-refractivity contribution in [2.75, 3.05) is 20.2 Å². The Morgan fingerprint density at radius 2 is 1.84 bits per heavy atom. The molecule has 2 heterocycles. The van der Waals surface area contributed by atoms with Gasteiger partial charge in [-0.25, -0.2) is 4.79 Å². The summed E-state index contributed by atoms with van der Waals surface area (Å²) in [5.41, 5.74) is 0.874. The molecular weight excluding hydrogens is 580 g/mol. The number of carbonyl (C=O) groups is 5. The van der Waals surface area contributed by atoms with Gasteiger partial charge in [-0.15, -0.1) is 0 Å². The van der Waals surface area contributed by atoms with E-state index in [9.17, 15) is 24.0 Å². The second-order valence-electron chi connectivity index (χ2n) is 12.7. The molecule has 244 valence electrons. The van der Waals surface area contributed by atoms with E-state index in [4.69, 9.17) is 9.47 Å². The van der Waals surface area contributed by atoms with Crippen LogP contribution in [0.5, 0.6) is 11.5 Å². The van der Waals surface area contributed by atoms with E-state index in [-0.39, 0.29) is 32.0 Å². The number of hydrogen-bond donors (Lipinski definition) is 4. The second-order valence-corrected chi connectivity index (χ2v) is 12.7. The van der Waals surface area contributed by atoms with Crippen LogP contribution in [-0.4, -0.2) is 89.4 Å². The third kappa shape index (κ3) is 9.05. The Morgan fingerprint density at radius 3 is 2.49 bits per heavy atom. The normalized spacial score (nSPS) is 18.6. The van der Waals surface area contributed by atoms with E-state index in [1.165, 1.54) is 4.90 Å². The average Bonchev–Trinajstić information content (AvgIpc) is 3.69. The Bertz CT molecular complexity index is 1450. The summed E-state index contributed by atoms with van der Waals surface area (Å²) >= 11 is 0. The number of nitrogens with one attached hydrogen (secondary N) is 4. The largest absolute Gasteiger partial charge is 0.497 e. The number of methoxy groups -OCH3 is 1. The maximum Gasteiger partial charge on any atom is 0.315 e. The van der Waals surface area contributed by atoms with Gasteiger partial charge in [0.1, 0.15) is 23.6 Å². The third-order valence-corrected chi connectivity index (χ3v) is 7.52. The van der Waals surface area contributed by atoms with Crippen LogP contribution in [0.25, 0.3) is 10.9 Å². The van der Waals surface area contributed by atoms with Crippen LogP contribution in [-0.2, 0) is 19.2 Å². The number of Topliss-reactive ketones (excluding diaryl/α,β-unsaturated/α-hetero) is 1. The summed E-state index contributed by atoms with van der Waals surface area (Å²) in [5.74, 6) is -1.31. The van der Waals surface area contributed by atoms with Gasteiger partial charge < -0.3 is 35.6 Å². The molecule has 1 aliphatic heterocycles. The molecule has 13 heteroatoms. The molecule has 0 spiro atoms. The molecule has 5 amide bonds. The van der Waals surface area contributed by atoms with E-state index in [1.807, 2.05) is 40.7 Å². The first-order valence-corrected chi connectivity index (χ1v) is 15.4. The number of likely N-dealkylation sites (tertiary alicyclic amines) is 1. The van der Waals surface area contributed by atoms with Crippen molar-refractivity contribution in [2.45, 2.75) is 96.5 Å². The smallest absolute Gasteiger partial charge is 0.315 e. The van der Waals surface area contributed by atoms with Gasteiger partial charge >= 0.3 is 6.03 Å². The van der Waals surface area contributed by atoms with Crippen molar-refractivity contribution in [1.29, 1.82) is 0 Å². The Hall–Kier alpha value is -4.42. The minimum absolute atomic E-state index is 0.00254. The highest BCUT2D eigenvalue weighted by Gasteiger charge is 2.42. The molecule has 1 aliphatic carbocycles. The number of ether oxygens (including phenoxy) is 2. The molecular formula is C32H44N6O7. The number of hydrogen-bond acceptors (Lipinski definition) is 8. The van der Waals surface area contributed by atoms with Crippen LogP contribution in [0.4, 0.5) is 4.79 Å². The van der Waals surface area contributed by atoms with Gasteiger partial charge in [0.2, 0.25) is 17.6 Å². The minimum Gasteiger partial charge on any atom is -0.497 e. The molecule has 1 aromatic carbocycles. The standard InChI is InChI=1S/C32H44N6O7/c1-7-8-23(28(40)30(42)35-19-9-10-19)36-29(41)25-15-21(17-38(25)27(39)16-33-31(43)37-32(3,4)5)45-26-13-18(2)34-24-14-20(44-6)11-12-22(24)26/h11-14,19,21,23,25H,7-10,15-17H2,1-6H3,(H,35,42)(H,36,41)(H2,33,37,43)/t21-,23+,25+/m1/s1. The molecule has 2 fully saturated rings. The van der Waals surface area contributed by atoms with Crippen LogP contribution in [0.3, 0.4) is 0 Å².